The molecule has 3 rings (SSSR count). The van der Waals surface area contributed by atoms with E-state index in [1.807, 2.05) is 6.92 Å². The highest BCUT2D eigenvalue weighted by Gasteiger charge is 2.07. The van der Waals surface area contributed by atoms with Crippen LogP contribution in [-0.2, 0) is 6.42 Å². The van der Waals surface area contributed by atoms with Crippen LogP contribution >= 0.6 is 22.7 Å². The summed E-state index contributed by atoms with van der Waals surface area (Å²) >= 11 is 3.40. The number of nitrogens with zero attached hydrogens (tertiary/aromatic N) is 3. The number of thiazole rings is 1. The molecule has 0 aliphatic heterocycles. The molecular formula is C13H14N4S2. The topological polar surface area (TPSA) is 50.7 Å². The first-order valence-corrected chi connectivity index (χ1v) is 7.83. The van der Waals surface area contributed by atoms with Crippen molar-refractivity contribution < 1.29 is 0 Å². The molecule has 0 radical (unpaired) electrons. The maximum absolute atomic E-state index is 4.46. The lowest BCUT2D eigenvalue weighted by Gasteiger charge is -2.04. The molecule has 0 fully saturated rings. The zero-order valence-corrected chi connectivity index (χ0v) is 12.4. The fraction of sp³-hybridized carbons (Fsp3) is 0.308. The molecule has 0 aromatic carbocycles. The number of hydrogen-bond acceptors (Lipinski definition) is 6. The summed E-state index contributed by atoms with van der Waals surface area (Å²) in [5, 5.41) is 8.75. The molecule has 0 unspecified atom stereocenters. The van der Waals surface area contributed by atoms with Crippen molar-refractivity contribution in [2.75, 3.05) is 11.9 Å². The predicted octanol–water partition coefficient (Wildman–Crippen LogP) is 3.42. The van der Waals surface area contributed by atoms with Crippen LogP contribution in [-0.4, -0.2) is 21.5 Å². The van der Waals surface area contributed by atoms with E-state index in [-0.39, 0.29) is 0 Å². The standard InChI is InChI=1S/C13H14N4S2/c1-8-5-19-12-11(8)15-7-16-13(12)14-4-3-10-17-9(2)6-18-10/h5-7H,3-4H2,1-2H3,(H,14,15,16). The second-order valence-electron chi connectivity index (χ2n) is 4.38. The van der Waals surface area contributed by atoms with Crippen molar-refractivity contribution in [2.24, 2.45) is 0 Å². The van der Waals surface area contributed by atoms with Gasteiger partial charge in [-0.15, -0.1) is 22.7 Å². The minimum atomic E-state index is 0.843. The number of nitrogens with one attached hydrogen (secondary N) is 1. The second kappa shape index (κ2) is 5.22. The second-order valence-corrected chi connectivity index (χ2v) is 6.20. The Morgan fingerprint density at radius 1 is 1.16 bits per heavy atom. The van der Waals surface area contributed by atoms with Gasteiger partial charge < -0.3 is 5.32 Å². The summed E-state index contributed by atoms with van der Waals surface area (Å²) in [6, 6.07) is 0. The van der Waals surface area contributed by atoms with Crippen LogP contribution in [0.3, 0.4) is 0 Å². The van der Waals surface area contributed by atoms with E-state index in [4.69, 9.17) is 0 Å². The van der Waals surface area contributed by atoms with E-state index in [9.17, 15) is 0 Å². The van der Waals surface area contributed by atoms with E-state index in [0.29, 0.717) is 0 Å². The first kappa shape index (κ1) is 12.5. The van der Waals surface area contributed by atoms with Crippen molar-refractivity contribution in [2.45, 2.75) is 20.3 Å². The van der Waals surface area contributed by atoms with E-state index in [0.717, 1.165) is 39.7 Å². The zero-order chi connectivity index (χ0) is 13.2. The first-order valence-electron chi connectivity index (χ1n) is 6.07. The Hall–Kier alpha value is -1.53. The smallest absolute Gasteiger partial charge is 0.147 e. The van der Waals surface area contributed by atoms with E-state index >= 15 is 0 Å². The molecule has 0 bridgehead atoms. The normalized spacial score (nSPS) is 11.1. The van der Waals surface area contributed by atoms with Crippen LogP contribution in [0.5, 0.6) is 0 Å². The fourth-order valence-electron chi connectivity index (χ4n) is 1.90. The number of thiophene rings is 1. The summed E-state index contributed by atoms with van der Waals surface area (Å²) in [6.45, 7) is 4.94. The molecule has 0 saturated carbocycles. The highest BCUT2D eigenvalue weighted by Crippen LogP contribution is 2.28. The third kappa shape index (κ3) is 2.59. The van der Waals surface area contributed by atoms with Gasteiger partial charge in [-0.25, -0.2) is 15.0 Å². The average Bonchev–Trinajstić information content (AvgIpc) is 2.98. The molecule has 3 aromatic heterocycles. The maximum Gasteiger partial charge on any atom is 0.147 e. The Morgan fingerprint density at radius 3 is 2.84 bits per heavy atom. The van der Waals surface area contributed by atoms with Gasteiger partial charge >= 0.3 is 0 Å². The lowest BCUT2D eigenvalue weighted by atomic mass is 10.3. The van der Waals surface area contributed by atoms with Crippen LogP contribution in [0, 0.1) is 13.8 Å². The molecule has 0 atom stereocenters. The van der Waals surface area contributed by atoms with Crippen molar-refractivity contribution in [3.8, 4) is 0 Å². The molecule has 0 saturated heterocycles. The highest BCUT2D eigenvalue weighted by molar-refractivity contribution is 7.18. The van der Waals surface area contributed by atoms with Crippen LogP contribution in [0.2, 0.25) is 0 Å². The van der Waals surface area contributed by atoms with Gasteiger partial charge in [-0.3, -0.25) is 0 Å². The SMILES string of the molecule is Cc1csc(CCNc2ncnc3c(C)csc23)n1. The van der Waals surface area contributed by atoms with E-state index in [1.165, 1.54) is 5.56 Å². The Labute approximate surface area is 119 Å². The minimum Gasteiger partial charge on any atom is -0.368 e. The molecular weight excluding hydrogens is 276 g/mol. The molecule has 0 aliphatic rings. The molecule has 1 N–H and O–H groups in total. The Morgan fingerprint density at radius 2 is 2.05 bits per heavy atom. The van der Waals surface area contributed by atoms with Gasteiger partial charge in [-0.05, 0) is 24.8 Å². The lowest BCUT2D eigenvalue weighted by molar-refractivity contribution is 0.978. The van der Waals surface area contributed by atoms with Gasteiger partial charge in [0, 0.05) is 24.0 Å². The fourth-order valence-corrected chi connectivity index (χ4v) is 3.64. The van der Waals surface area contributed by atoms with Crippen molar-refractivity contribution in [1.82, 2.24) is 15.0 Å². The van der Waals surface area contributed by atoms with Gasteiger partial charge in [0.05, 0.1) is 15.2 Å². The largest absolute Gasteiger partial charge is 0.368 e. The van der Waals surface area contributed by atoms with Gasteiger partial charge in [0.1, 0.15) is 12.1 Å². The van der Waals surface area contributed by atoms with Crippen LogP contribution in [0.4, 0.5) is 5.82 Å². The third-order valence-electron chi connectivity index (χ3n) is 2.83. The Bertz CT molecular complexity index is 702. The number of hydrogen-bond donors (Lipinski definition) is 1. The number of rotatable bonds is 4. The minimum absolute atomic E-state index is 0.843. The average molecular weight is 290 g/mol. The van der Waals surface area contributed by atoms with Crippen LogP contribution < -0.4 is 5.32 Å². The maximum atomic E-state index is 4.46. The monoisotopic (exact) mass is 290 g/mol. The van der Waals surface area contributed by atoms with Gasteiger partial charge in [0.25, 0.3) is 0 Å². The number of aromatic nitrogens is 3. The highest BCUT2D eigenvalue weighted by atomic mass is 32.1. The molecule has 0 aliphatic carbocycles. The summed E-state index contributed by atoms with van der Waals surface area (Å²) in [5.41, 5.74) is 3.35. The van der Waals surface area contributed by atoms with Gasteiger partial charge in [-0.1, -0.05) is 0 Å². The lowest BCUT2D eigenvalue weighted by Crippen LogP contribution is -2.06. The molecule has 3 heterocycles. The Balaban J connectivity index is 1.71. The first-order chi connectivity index (χ1) is 9.24. The van der Waals surface area contributed by atoms with Crippen LogP contribution in [0.1, 0.15) is 16.3 Å². The number of fused-ring (bicyclic) bond motifs is 1. The van der Waals surface area contributed by atoms with Crippen molar-refractivity contribution in [3.63, 3.8) is 0 Å². The van der Waals surface area contributed by atoms with Crippen LogP contribution in [0.25, 0.3) is 10.2 Å². The van der Waals surface area contributed by atoms with Crippen molar-refractivity contribution in [3.05, 3.63) is 33.4 Å². The predicted molar refractivity (Wildman–Crippen MR) is 81.2 cm³/mol. The van der Waals surface area contributed by atoms with Gasteiger partial charge in [0.2, 0.25) is 0 Å². The summed E-state index contributed by atoms with van der Waals surface area (Å²) in [7, 11) is 0. The zero-order valence-electron chi connectivity index (χ0n) is 10.8. The Kier molecular flexibility index (Phi) is 3.44. The molecule has 3 aromatic rings. The number of aryl methyl sites for hydroxylation is 2. The number of anilines is 1. The van der Waals surface area contributed by atoms with E-state index in [2.05, 4.69) is 38.0 Å². The summed E-state index contributed by atoms with van der Waals surface area (Å²) in [5.74, 6) is 0.927. The molecule has 4 nitrogen and oxygen atoms in total. The van der Waals surface area contributed by atoms with Gasteiger partial charge in [-0.2, -0.15) is 0 Å². The van der Waals surface area contributed by atoms with Gasteiger partial charge in [0.15, 0.2) is 0 Å². The molecule has 0 spiro atoms. The summed E-state index contributed by atoms with van der Waals surface area (Å²) in [4.78, 5) is 13.1. The molecule has 6 heteroatoms. The molecule has 19 heavy (non-hydrogen) atoms. The third-order valence-corrected chi connectivity index (χ3v) is 4.95. The summed E-state index contributed by atoms with van der Waals surface area (Å²) in [6.07, 6.45) is 2.55. The van der Waals surface area contributed by atoms with Crippen molar-refractivity contribution in [1.29, 1.82) is 0 Å². The van der Waals surface area contributed by atoms with E-state index < -0.39 is 0 Å². The van der Waals surface area contributed by atoms with Crippen molar-refractivity contribution >= 4 is 38.7 Å². The summed E-state index contributed by atoms with van der Waals surface area (Å²) < 4.78 is 1.13. The molecule has 0 amide bonds. The molecule has 98 valence electrons. The van der Waals surface area contributed by atoms with E-state index in [1.54, 1.807) is 29.0 Å². The van der Waals surface area contributed by atoms with Crippen LogP contribution in [0.15, 0.2) is 17.1 Å². The quantitative estimate of drug-likeness (QED) is 0.800.